The van der Waals surface area contributed by atoms with Crippen LogP contribution in [0.15, 0.2) is 78.9 Å². The van der Waals surface area contributed by atoms with Gasteiger partial charge >= 0.3 is 0 Å². The molecule has 3 aromatic carbocycles. The zero-order valence-electron chi connectivity index (χ0n) is 17.5. The average molecular weight is 451 g/mol. The van der Waals surface area contributed by atoms with Gasteiger partial charge in [0.2, 0.25) is 5.91 Å². The van der Waals surface area contributed by atoms with E-state index < -0.39 is 5.91 Å². The van der Waals surface area contributed by atoms with Gasteiger partial charge in [-0.05, 0) is 47.0 Å². The summed E-state index contributed by atoms with van der Waals surface area (Å²) in [6.45, 7) is -0.252. The highest BCUT2D eigenvalue weighted by Gasteiger charge is 2.16. The molecule has 32 heavy (non-hydrogen) atoms. The van der Waals surface area contributed by atoms with Crippen molar-refractivity contribution in [2.45, 2.75) is 6.04 Å². The van der Waals surface area contributed by atoms with Crippen LogP contribution in [0.3, 0.4) is 0 Å². The number of methoxy groups -OCH3 is 1. The van der Waals surface area contributed by atoms with Crippen molar-refractivity contribution in [3.05, 3.63) is 101 Å². The Balaban J connectivity index is 1.77. The summed E-state index contributed by atoms with van der Waals surface area (Å²) in [6, 6.07) is 21.8. The van der Waals surface area contributed by atoms with Crippen molar-refractivity contribution >= 4 is 29.5 Å². The normalized spacial score (nSPS) is 11.7. The first-order valence-corrected chi connectivity index (χ1v) is 10.2. The SMILES string of the molecule is COc1cc(/C=C/C(=O)NC(c2ccccc2)c2cccc(Cl)c2)ccc1OCC(N)=O. The van der Waals surface area contributed by atoms with Crippen LogP contribution in [0.25, 0.3) is 6.08 Å². The highest BCUT2D eigenvalue weighted by atomic mass is 35.5. The fourth-order valence-electron chi connectivity index (χ4n) is 3.11. The Morgan fingerprint density at radius 1 is 1.00 bits per heavy atom. The Morgan fingerprint density at radius 2 is 1.75 bits per heavy atom. The molecule has 1 unspecified atom stereocenters. The number of benzene rings is 3. The summed E-state index contributed by atoms with van der Waals surface area (Å²) in [7, 11) is 1.49. The monoisotopic (exact) mass is 450 g/mol. The number of halogens is 1. The molecule has 0 radical (unpaired) electrons. The van der Waals surface area contributed by atoms with Gasteiger partial charge in [-0.15, -0.1) is 0 Å². The van der Waals surface area contributed by atoms with Gasteiger partial charge in [0.1, 0.15) is 0 Å². The molecule has 3 aromatic rings. The number of hydrogen-bond donors (Lipinski definition) is 2. The number of hydrogen-bond acceptors (Lipinski definition) is 4. The molecule has 3 N–H and O–H groups in total. The van der Waals surface area contributed by atoms with Crippen LogP contribution in [0.1, 0.15) is 22.7 Å². The Labute approximate surface area is 191 Å². The van der Waals surface area contributed by atoms with Crippen molar-refractivity contribution in [1.29, 1.82) is 0 Å². The first-order valence-electron chi connectivity index (χ1n) is 9.84. The van der Waals surface area contributed by atoms with Crippen LogP contribution in [-0.4, -0.2) is 25.5 Å². The van der Waals surface area contributed by atoms with Crippen LogP contribution in [0.5, 0.6) is 11.5 Å². The molecule has 0 aliphatic rings. The minimum atomic E-state index is -0.583. The van der Waals surface area contributed by atoms with Gasteiger partial charge in [0.25, 0.3) is 5.91 Å². The fourth-order valence-corrected chi connectivity index (χ4v) is 3.31. The van der Waals surface area contributed by atoms with E-state index in [-0.39, 0.29) is 18.6 Å². The molecule has 164 valence electrons. The molecule has 0 heterocycles. The molecular formula is C25H23ClN2O4. The van der Waals surface area contributed by atoms with E-state index in [1.54, 1.807) is 30.3 Å². The van der Waals surface area contributed by atoms with Crippen LogP contribution in [-0.2, 0) is 9.59 Å². The van der Waals surface area contributed by atoms with E-state index in [1.807, 2.05) is 48.5 Å². The second-order valence-electron chi connectivity index (χ2n) is 6.91. The third-order valence-electron chi connectivity index (χ3n) is 4.59. The smallest absolute Gasteiger partial charge is 0.255 e. The molecular weight excluding hydrogens is 428 g/mol. The van der Waals surface area contributed by atoms with E-state index in [4.69, 9.17) is 26.8 Å². The second-order valence-corrected chi connectivity index (χ2v) is 7.34. The summed E-state index contributed by atoms with van der Waals surface area (Å²) >= 11 is 6.16. The fraction of sp³-hybridized carbons (Fsp3) is 0.120. The van der Waals surface area contributed by atoms with Crippen LogP contribution in [0.2, 0.25) is 5.02 Å². The summed E-state index contributed by atoms with van der Waals surface area (Å²) in [5, 5.41) is 3.62. The highest BCUT2D eigenvalue weighted by molar-refractivity contribution is 6.30. The molecule has 2 amide bonds. The second kappa shape index (κ2) is 11.0. The molecule has 0 fully saturated rings. The zero-order chi connectivity index (χ0) is 22.9. The largest absolute Gasteiger partial charge is 0.493 e. The number of amides is 2. The molecule has 0 saturated carbocycles. The van der Waals surface area contributed by atoms with Crippen LogP contribution >= 0.6 is 11.6 Å². The van der Waals surface area contributed by atoms with Gasteiger partial charge in [0, 0.05) is 11.1 Å². The molecule has 0 aromatic heterocycles. The Morgan fingerprint density at radius 3 is 2.44 bits per heavy atom. The highest BCUT2D eigenvalue weighted by Crippen LogP contribution is 2.29. The third kappa shape index (κ3) is 6.36. The first-order chi connectivity index (χ1) is 15.5. The van der Waals surface area contributed by atoms with Gasteiger partial charge in [-0.3, -0.25) is 9.59 Å². The van der Waals surface area contributed by atoms with Crippen LogP contribution in [0.4, 0.5) is 0 Å². The van der Waals surface area contributed by atoms with Crippen molar-refractivity contribution in [2.24, 2.45) is 5.73 Å². The quantitative estimate of drug-likeness (QED) is 0.479. The summed E-state index contributed by atoms with van der Waals surface area (Å²) in [6.07, 6.45) is 3.11. The lowest BCUT2D eigenvalue weighted by atomic mass is 9.98. The van der Waals surface area contributed by atoms with Crippen LogP contribution < -0.4 is 20.5 Å². The lowest BCUT2D eigenvalue weighted by molar-refractivity contribution is -0.120. The predicted octanol–water partition coefficient (Wildman–Crippen LogP) is 4.13. The van der Waals surface area contributed by atoms with Crippen molar-refractivity contribution in [3.63, 3.8) is 0 Å². The van der Waals surface area contributed by atoms with E-state index in [2.05, 4.69) is 5.32 Å². The van der Waals surface area contributed by atoms with Gasteiger partial charge < -0.3 is 20.5 Å². The van der Waals surface area contributed by atoms with Crippen molar-refractivity contribution in [1.82, 2.24) is 5.32 Å². The topological polar surface area (TPSA) is 90.7 Å². The molecule has 0 bridgehead atoms. The number of nitrogens with one attached hydrogen (secondary N) is 1. The maximum atomic E-state index is 12.7. The number of primary amides is 1. The molecule has 0 aliphatic carbocycles. The van der Waals surface area contributed by atoms with E-state index >= 15 is 0 Å². The van der Waals surface area contributed by atoms with Gasteiger partial charge in [-0.1, -0.05) is 60.1 Å². The molecule has 7 heteroatoms. The average Bonchev–Trinajstić information content (AvgIpc) is 2.80. The van der Waals surface area contributed by atoms with Gasteiger partial charge in [0.15, 0.2) is 18.1 Å². The van der Waals surface area contributed by atoms with Crippen LogP contribution in [0, 0.1) is 0 Å². The summed E-state index contributed by atoms with van der Waals surface area (Å²) in [5.41, 5.74) is 7.65. The maximum absolute atomic E-state index is 12.7. The number of rotatable bonds is 9. The molecule has 0 saturated heterocycles. The van der Waals surface area contributed by atoms with Gasteiger partial charge in [-0.2, -0.15) is 0 Å². The standard InChI is InChI=1S/C25H23ClN2O4/c1-31-22-14-17(10-12-21(22)32-16-23(27)29)11-13-24(30)28-25(18-6-3-2-4-7-18)19-8-5-9-20(26)15-19/h2-15,25H,16H2,1H3,(H2,27,29)(H,28,30)/b13-11+. The number of carbonyl (C=O) groups excluding carboxylic acids is 2. The first kappa shape index (κ1) is 22.9. The lowest BCUT2D eigenvalue weighted by Crippen LogP contribution is -2.27. The summed E-state index contributed by atoms with van der Waals surface area (Å²) in [5.74, 6) is -0.0416. The Bertz CT molecular complexity index is 1120. The van der Waals surface area contributed by atoms with E-state index in [0.29, 0.717) is 16.5 Å². The Kier molecular flexibility index (Phi) is 7.89. The molecule has 3 rings (SSSR count). The van der Waals surface area contributed by atoms with Gasteiger partial charge in [-0.25, -0.2) is 0 Å². The maximum Gasteiger partial charge on any atom is 0.255 e. The number of carbonyl (C=O) groups is 2. The van der Waals surface area contributed by atoms with Crippen molar-refractivity contribution in [2.75, 3.05) is 13.7 Å². The summed E-state index contributed by atoms with van der Waals surface area (Å²) in [4.78, 5) is 23.6. The number of nitrogens with two attached hydrogens (primary N) is 1. The zero-order valence-corrected chi connectivity index (χ0v) is 18.2. The molecule has 6 nitrogen and oxygen atoms in total. The number of ether oxygens (including phenoxy) is 2. The molecule has 0 spiro atoms. The molecule has 0 aliphatic heterocycles. The van der Waals surface area contributed by atoms with E-state index in [9.17, 15) is 9.59 Å². The third-order valence-corrected chi connectivity index (χ3v) is 4.82. The Hall–Kier alpha value is -3.77. The van der Waals surface area contributed by atoms with Crippen molar-refractivity contribution < 1.29 is 19.1 Å². The van der Waals surface area contributed by atoms with Gasteiger partial charge in [0.05, 0.1) is 13.2 Å². The lowest BCUT2D eigenvalue weighted by Gasteiger charge is -2.19. The minimum Gasteiger partial charge on any atom is -0.493 e. The summed E-state index contributed by atoms with van der Waals surface area (Å²) < 4.78 is 10.6. The van der Waals surface area contributed by atoms with Crippen molar-refractivity contribution in [3.8, 4) is 11.5 Å². The molecule has 1 atom stereocenters. The van der Waals surface area contributed by atoms with E-state index in [0.717, 1.165) is 16.7 Å². The predicted molar refractivity (Wildman–Crippen MR) is 125 cm³/mol. The minimum absolute atomic E-state index is 0.252. The van der Waals surface area contributed by atoms with E-state index in [1.165, 1.54) is 13.2 Å².